The smallest absolute Gasteiger partial charge is 0.281 e. The van der Waals surface area contributed by atoms with Crippen molar-refractivity contribution in [2.75, 3.05) is 6.61 Å². The van der Waals surface area contributed by atoms with Crippen LogP contribution in [0.15, 0.2) is 33.4 Å². The van der Waals surface area contributed by atoms with Crippen molar-refractivity contribution in [2.45, 2.75) is 19.9 Å². The Morgan fingerprint density at radius 3 is 2.83 bits per heavy atom. The van der Waals surface area contributed by atoms with E-state index in [0.29, 0.717) is 0 Å². The second-order valence-electron chi connectivity index (χ2n) is 4.83. The minimum atomic E-state index is -0.610. The summed E-state index contributed by atoms with van der Waals surface area (Å²) >= 11 is 5.89. The number of pyridine rings is 2. The molecule has 124 valence electrons. The molecule has 0 unspecified atom stereocenters. The van der Waals surface area contributed by atoms with Gasteiger partial charge in [-0.25, -0.2) is 4.98 Å². The molecular weight excluding hydrogens is 334 g/mol. The van der Waals surface area contributed by atoms with Gasteiger partial charge < -0.3 is 10.2 Å². The lowest BCUT2D eigenvalue weighted by molar-refractivity contribution is 0.274. The van der Waals surface area contributed by atoms with E-state index >= 15 is 0 Å². The zero-order valence-electron chi connectivity index (χ0n) is 12.8. The number of azo groups is 1. The molecule has 8 nitrogen and oxygen atoms in total. The maximum Gasteiger partial charge on any atom is 0.281 e. The van der Waals surface area contributed by atoms with E-state index in [1.165, 1.54) is 13.1 Å². The highest BCUT2D eigenvalue weighted by Gasteiger charge is 2.19. The monoisotopic (exact) mass is 347 g/mol. The fourth-order valence-corrected chi connectivity index (χ4v) is 2.21. The van der Waals surface area contributed by atoms with Gasteiger partial charge in [0.05, 0.1) is 0 Å². The average Bonchev–Trinajstić information content (AvgIpc) is 2.56. The molecule has 0 aliphatic rings. The van der Waals surface area contributed by atoms with Crippen molar-refractivity contribution in [3.63, 3.8) is 0 Å². The van der Waals surface area contributed by atoms with Crippen LogP contribution in [0, 0.1) is 18.3 Å². The van der Waals surface area contributed by atoms with Crippen LogP contribution in [0.4, 0.5) is 11.4 Å². The topological polar surface area (TPSA) is 124 Å². The van der Waals surface area contributed by atoms with Crippen molar-refractivity contribution in [3.05, 3.63) is 45.0 Å². The van der Waals surface area contributed by atoms with Crippen LogP contribution in [0.2, 0.25) is 5.15 Å². The molecule has 2 heterocycles. The van der Waals surface area contributed by atoms with E-state index in [9.17, 15) is 15.2 Å². The predicted octanol–water partition coefficient (Wildman–Crippen LogP) is 2.58. The van der Waals surface area contributed by atoms with Crippen molar-refractivity contribution >= 4 is 23.0 Å². The van der Waals surface area contributed by atoms with Crippen LogP contribution < -0.4 is 5.56 Å². The first-order valence-corrected chi connectivity index (χ1v) is 7.38. The molecule has 2 N–H and O–H groups in total. The number of aliphatic hydroxyl groups is 1. The molecule has 0 saturated heterocycles. The third kappa shape index (κ3) is 3.42. The van der Waals surface area contributed by atoms with Crippen molar-refractivity contribution in [2.24, 2.45) is 10.2 Å². The fourth-order valence-electron chi connectivity index (χ4n) is 2.05. The summed E-state index contributed by atoms with van der Waals surface area (Å²) in [6.45, 7) is 1.38. The van der Waals surface area contributed by atoms with Crippen molar-refractivity contribution < 1.29 is 10.2 Å². The van der Waals surface area contributed by atoms with Gasteiger partial charge in [-0.1, -0.05) is 11.6 Å². The number of halogens is 1. The molecule has 0 radical (unpaired) electrons. The number of nitrogens with zero attached hydrogens (tertiary/aromatic N) is 5. The highest BCUT2D eigenvalue weighted by Crippen LogP contribution is 2.28. The van der Waals surface area contributed by atoms with E-state index in [4.69, 9.17) is 16.7 Å². The van der Waals surface area contributed by atoms with Crippen molar-refractivity contribution in [1.29, 1.82) is 5.26 Å². The van der Waals surface area contributed by atoms with Gasteiger partial charge in [0.2, 0.25) is 5.88 Å². The van der Waals surface area contributed by atoms with E-state index < -0.39 is 11.4 Å². The number of aromatic nitrogens is 2. The SMILES string of the molecule is Cc1c(C#N)c(O)n(CCCO)c(=O)c1N=Nc1cccnc1Cl. The quantitative estimate of drug-likeness (QED) is 0.635. The maximum absolute atomic E-state index is 12.5. The molecule has 0 aliphatic heterocycles. The molecule has 0 aromatic carbocycles. The zero-order valence-corrected chi connectivity index (χ0v) is 13.5. The number of hydrogen-bond donors (Lipinski definition) is 2. The standard InChI is InChI=1S/C15H14ClN5O3/c1-9-10(8-17)14(23)21(6-3-7-22)15(24)12(9)20-19-11-4-2-5-18-13(11)16/h2,4-5,22-23H,3,6-7H2,1H3. The summed E-state index contributed by atoms with van der Waals surface area (Å²) in [5.41, 5.74) is -0.280. The van der Waals surface area contributed by atoms with Gasteiger partial charge in [0.25, 0.3) is 5.56 Å². The molecule has 0 amide bonds. The van der Waals surface area contributed by atoms with Crippen LogP contribution in [0.5, 0.6) is 5.88 Å². The van der Waals surface area contributed by atoms with E-state index in [1.807, 2.05) is 6.07 Å². The van der Waals surface area contributed by atoms with Crippen molar-refractivity contribution in [3.8, 4) is 11.9 Å². The lowest BCUT2D eigenvalue weighted by Crippen LogP contribution is -2.22. The Kier molecular flexibility index (Phi) is 5.63. The minimum absolute atomic E-state index is 0.0479. The molecular formula is C15H14ClN5O3. The number of aliphatic hydroxyl groups excluding tert-OH is 1. The molecule has 9 heteroatoms. The highest BCUT2D eigenvalue weighted by atomic mass is 35.5. The van der Waals surface area contributed by atoms with Gasteiger partial charge >= 0.3 is 0 Å². The summed E-state index contributed by atoms with van der Waals surface area (Å²) in [4.78, 5) is 16.4. The second kappa shape index (κ2) is 7.68. The van der Waals surface area contributed by atoms with Crippen LogP contribution in [0.25, 0.3) is 0 Å². The molecule has 2 rings (SSSR count). The lowest BCUT2D eigenvalue weighted by Gasteiger charge is -2.12. The summed E-state index contributed by atoms with van der Waals surface area (Å²) in [6.07, 6.45) is 1.73. The van der Waals surface area contributed by atoms with E-state index in [2.05, 4.69) is 15.2 Å². The van der Waals surface area contributed by atoms with Gasteiger partial charge in [0, 0.05) is 24.9 Å². The van der Waals surface area contributed by atoms with E-state index in [0.717, 1.165) is 4.57 Å². The van der Waals surface area contributed by atoms with Gasteiger partial charge in [-0.2, -0.15) is 5.26 Å². The van der Waals surface area contributed by atoms with Gasteiger partial charge in [-0.15, -0.1) is 10.2 Å². The van der Waals surface area contributed by atoms with Gasteiger partial charge in [-0.05, 0) is 25.5 Å². The van der Waals surface area contributed by atoms with E-state index in [-0.39, 0.29) is 47.2 Å². The Balaban J connectivity index is 2.59. The molecule has 2 aromatic rings. The summed E-state index contributed by atoms with van der Waals surface area (Å²) in [6, 6.07) is 5.03. The Hall–Kier alpha value is -2.76. The van der Waals surface area contributed by atoms with Crippen LogP contribution in [-0.4, -0.2) is 26.4 Å². The fraction of sp³-hybridized carbons (Fsp3) is 0.267. The third-order valence-corrected chi connectivity index (χ3v) is 3.60. The van der Waals surface area contributed by atoms with E-state index in [1.54, 1.807) is 12.1 Å². The third-order valence-electron chi connectivity index (χ3n) is 3.31. The van der Waals surface area contributed by atoms with Gasteiger partial charge in [-0.3, -0.25) is 9.36 Å². The minimum Gasteiger partial charge on any atom is -0.493 e. The molecule has 0 aliphatic carbocycles. The number of nitriles is 1. The Morgan fingerprint density at radius 1 is 1.46 bits per heavy atom. The van der Waals surface area contributed by atoms with Crippen molar-refractivity contribution in [1.82, 2.24) is 9.55 Å². The number of aromatic hydroxyl groups is 1. The van der Waals surface area contributed by atoms with Crippen LogP contribution in [0.1, 0.15) is 17.5 Å². The number of hydrogen-bond acceptors (Lipinski definition) is 7. The first-order valence-electron chi connectivity index (χ1n) is 7.00. The predicted molar refractivity (Wildman–Crippen MR) is 86.9 cm³/mol. The Labute approximate surface area is 142 Å². The average molecular weight is 348 g/mol. The molecule has 0 atom stereocenters. The molecule has 0 saturated carbocycles. The van der Waals surface area contributed by atoms with Gasteiger partial charge in [0.15, 0.2) is 10.8 Å². The number of rotatable bonds is 5. The maximum atomic E-state index is 12.5. The summed E-state index contributed by atoms with van der Waals surface area (Å²) < 4.78 is 0.987. The van der Waals surface area contributed by atoms with Gasteiger partial charge in [0.1, 0.15) is 17.3 Å². The van der Waals surface area contributed by atoms with Crippen LogP contribution >= 0.6 is 11.6 Å². The summed E-state index contributed by atoms with van der Waals surface area (Å²) in [5, 5.41) is 36.1. The largest absolute Gasteiger partial charge is 0.493 e. The highest BCUT2D eigenvalue weighted by molar-refractivity contribution is 6.31. The lowest BCUT2D eigenvalue weighted by atomic mass is 10.1. The normalized spacial score (nSPS) is 10.9. The Bertz CT molecular complexity index is 886. The molecule has 24 heavy (non-hydrogen) atoms. The molecule has 0 fully saturated rings. The van der Waals surface area contributed by atoms with Crippen LogP contribution in [0.3, 0.4) is 0 Å². The summed E-state index contributed by atoms with van der Waals surface area (Å²) in [5.74, 6) is -0.452. The molecule has 0 spiro atoms. The zero-order chi connectivity index (χ0) is 17.7. The Morgan fingerprint density at radius 2 is 2.21 bits per heavy atom. The molecule has 0 bridgehead atoms. The first-order chi connectivity index (χ1) is 11.5. The summed E-state index contributed by atoms with van der Waals surface area (Å²) in [7, 11) is 0. The van der Waals surface area contributed by atoms with Crippen LogP contribution in [-0.2, 0) is 6.54 Å². The second-order valence-corrected chi connectivity index (χ2v) is 5.19. The molecule has 2 aromatic heterocycles. The first kappa shape index (κ1) is 17.6.